The van der Waals surface area contributed by atoms with Gasteiger partial charge in [-0.25, -0.2) is 0 Å². The van der Waals surface area contributed by atoms with Crippen molar-refractivity contribution in [2.75, 3.05) is 0 Å². The minimum absolute atomic E-state index is 0.445. The Morgan fingerprint density at radius 2 is 2.23 bits per heavy atom. The van der Waals surface area contributed by atoms with Crippen molar-refractivity contribution in [3.8, 4) is 0 Å². The van der Waals surface area contributed by atoms with E-state index < -0.39 is 0 Å². The summed E-state index contributed by atoms with van der Waals surface area (Å²) in [6, 6.07) is 6.04. The molecule has 0 atom stereocenters. The van der Waals surface area contributed by atoms with Crippen molar-refractivity contribution in [1.82, 2.24) is 0 Å². The van der Waals surface area contributed by atoms with Crippen molar-refractivity contribution in [2.24, 2.45) is 5.73 Å². The fourth-order valence-corrected chi connectivity index (χ4v) is 1.80. The van der Waals surface area contributed by atoms with E-state index in [-0.39, 0.29) is 0 Å². The fraction of sp³-hybridized carbons (Fsp3) is 0.200. The summed E-state index contributed by atoms with van der Waals surface area (Å²) in [7, 11) is 0. The van der Waals surface area contributed by atoms with E-state index in [2.05, 4.69) is 28.9 Å². The Morgan fingerprint density at radius 1 is 1.46 bits per heavy atom. The van der Waals surface area contributed by atoms with Crippen molar-refractivity contribution in [3.63, 3.8) is 0 Å². The average Bonchev–Trinajstić information content (AvgIpc) is 2.56. The lowest BCUT2D eigenvalue weighted by molar-refractivity contribution is 0.551. The van der Waals surface area contributed by atoms with Gasteiger partial charge in [0.1, 0.15) is 11.3 Å². The molecular weight excluding hydrogens is 230 g/mol. The molecule has 1 heterocycles. The van der Waals surface area contributed by atoms with Crippen LogP contribution in [0.25, 0.3) is 11.0 Å². The molecule has 0 spiro atoms. The van der Waals surface area contributed by atoms with Gasteiger partial charge >= 0.3 is 0 Å². The van der Waals surface area contributed by atoms with Gasteiger partial charge in [-0.3, -0.25) is 0 Å². The van der Waals surface area contributed by atoms with Crippen LogP contribution >= 0.6 is 15.9 Å². The van der Waals surface area contributed by atoms with Gasteiger partial charge in [0, 0.05) is 5.39 Å². The van der Waals surface area contributed by atoms with Crippen LogP contribution in [-0.4, -0.2) is 0 Å². The van der Waals surface area contributed by atoms with Crippen molar-refractivity contribution < 1.29 is 4.42 Å². The first-order valence-corrected chi connectivity index (χ1v) is 4.89. The van der Waals surface area contributed by atoms with E-state index in [1.807, 2.05) is 12.1 Å². The van der Waals surface area contributed by atoms with Crippen LogP contribution < -0.4 is 5.73 Å². The van der Waals surface area contributed by atoms with E-state index in [0.717, 1.165) is 21.2 Å². The molecule has 1 aromatic carbocycles. The molecule has 0 amide bonds. The molecule has 0 saturated carbocycles. The Kier molecular flexibility index (Phi) is 2.14. The smallest absolute Gasteiger partial charge is 0.148 e. The van der Waals surface area contributed by atoms with Gasteiger partial charge in [0.25, 0.3) is 0 Å². The first-order valence-electron chi connectivity index (χ1n) is 4.10. The van der Waals surface area contributed by atoms with E-state index in [1.165, 1.54) is 5.56 Å². The zero-order chi connectivity index (χ0) is 9.42. The van der Waals surface area contributed by atoms with Crippen molar-refractivity contribution in [1.29, 1.82) is 0 Å². The van der Waals surface area contributed by atoms with Crippen molar-refractivity contribution in [2.45, 2.75) is 13.5 Å². The predicted octanol–water partition coefficient (Wildman–Crippen LogP) is 2.96. The highest BCUT2D eigenvalue weighted by molar-refractivity contribution is 9.10. The first-order chi connectivity index (χ1) is 6.22. The lowest BCUT2D eigenvalue weighted by Crippen LogP contribution is -1.92. The minimum atomic E-state index is 0.445. The van der Waals surface area contributed by atoms with E-state index in [4.69, 9.17) is 10.2 Å². The highest BCUT2D eigenvalue weighted by atomic mass is 79.9. The zero-order valence-electron chi connectivity index (χ0n) is 7.30. The number of aryl methyl sites for hydroxylation is 1. The summed E-state index contributed by atoms with van der Waals surface area (Å²) in [5, 5.41) is 1.13. The fourth-order valence-electron chi connectivity index (χ4n) is 1.38. The van der Waals surface area contributed by atoms with Crippen LogP contribution in [0.15, 0.2) is 27.1 Å². The quantitative estimate of drug-likeness (QED) is 0.832. The van der Waals surface area contributed by atoms with Crippen LogP contribution in [0.3, 0.4) is 0 Å². The molecule has 0 aliphatic carbocycles. The summed E-state index contributed by atoms with van der Waals surface area (Å²) < 4.78 is 6.54. The van der Waals surface area contributed by atoms with Gasteiger partial charge in [-0.05, 0) is 40.5 Å². The molecule has 68 valence electrons. The summed E-state index contributed by atoms with van der Waals surface area (Å²) in [5.41, 5.74) is 7.60. The van der Waals surface area contributed by atoms with E-state index >= 15 is 0 Å². The molecule has 0 bridgehead atoms. The van der Waals surface area contributed by atoms with E-state index in [1.54, 1.807) is 0 Å². The molecule has 0 aliphatic heterocycles. The molecule has 2 rings (SSSR count). The van der Waals surface area contributed by atoms with Gasteiger partial charge in [-0.1, -0.05) is 6.07 Å². The third-order valence-corrected chi connectivity index (χ3v) is 2.73. The molecule has 3 heteroatoms. The van der Waals surface area contributed by atoms with Gasteiger partial charge in [0.15, 0.2) is 0 Å². The normalized spacial score (nSPS) is 11.0. The monoisotopic (exact) mass is 239 g/mol. The molecule has 2 nitrogen and oxygen atoms in total. The summed E-state index contributed by atoms with van der Waals surface area (Å²) in [5.74, 6) is 0.824. The second-order valence-electron chi connectivity index (χ2n) is 3.02. The van der Waals surface area contributed by atoms with Gasteiger partial charge in [0.05, 0.1) is 11.0 Å². The van der Waals surface area contributed by atoms with Gasteiger partial charge in [0.2, 0.25) is 0 Å². The molecule has 1 aromatic heterocycles. The number of hydrogen-bond donors (Lipinski definition) is 1. The van der Waals surface area contributed by atoms with Crippen LogP contribution in [0, 0.1) is 6.92 Å². The summed E-state index contributed by atoms with van der Waals surface area (Å²) in [4.78, 5) is 0. The lowest BCUT2D eigenvalue weighted by atomic mass is 10.1. The van der Waals surface area contributed by atoms with Crippen LogP contribution in [-0.2, 0) is 6.54 Å². The highest BCUT2D eigenvalue weighted by Gasteiger charge is 2.07. The Morgan fingerprint density at radius 3 is 2.85 bits per heavy atom. The maximum Gasteiger partial charge on any atom is 0.148 e. The highest BCUT2D eigenvalue weighted by Crippen LogP contribution is 2.29. The third-order valence-electron chi connectivity index (χ3n) is 2.11. The number of furan rings is 1. The summed E-state index contributed by atoms with van der Waals surface area (Å²) in [6.07, 6.45) is 0. The number of nitrogens with two attached hydrogens (primary N) is 1. The molecule has 0 fully saturated rings. The Balaban J connectivity index is 2.80. The first kappa shape index (κ1) is 8.78. The second kappa shape index (κ2) is 3.16. The molecule has 0 saturated heterocycles. The predicted molar refractivity (Wildman–Crippen MR) is 56.5 cm³/mol. The lowest BCUT2D eigenvalue weighted by Gasteiger charge is -1.95. The number of rotatable bonds is 1. The van der Waals surface area contributed by atoms with Crippen LogP contribution in [0.5, 0.6) is 0 Å². The molecule has 0 radical (unpaired) electrons. The minimum Gasteiger partial charge on any atom is -0.459 e. The third kappa shape index (κ3) is 1.38. The van der Waals surface area contributed by atoms with Crippen molar-refractivity contribution in [3.05, 3.63) is 34.0 Å². The topological polar surface area (TPSA) is 39.2 Å². The molecular formula is C10H10BrNO. The Hall–Kier alpha value is -0.800. The largest absolute Gasteiger partial charge is 0.459 e. The Bertz CT molecular complexity index is 408. The standard InChI is InChI=1S/C10H10BrNO/c1-6-2-3-9(11)10-8(6)4-7(5-12)13-10/h2-4H,5,12H2,1H3. The molecule has 13 heavy (non-hydrogen) atoms. The summed E-state index contributed by atoms with van der Waals surface area (Å²) >= 11 is 3.44. The number of benzene rings is 1. The number of fused-ring (bicyclic) bond motifs is 1. The number of hydrogen-bond acceptors (Lipinski definition) is 2. The van der Waals surface area contributed by atoms with Crippen molar-refractivity contribution >= 4 is 26.9 Å². The van der Waals surface area contributed by atoms with Gasteiger partial charge in [-0.2, -0.15) is 0 Å². The summed E-state index contributed by atoms with van der Waals surface area (Å²) in [6.45, 7) is 2.51. The molecule has 0 aliphatic rings. The van der Waals surface area contributed by atoms with Crippen LogP contribution in [0.2, 0.25) is 0 Å². The van der Waals surface area contributed by atoms with Gasteiger partial charge < -0.3 is 10.2 Å². The zero-order valence-corrected chi connectivity index (χ0v) is 8.89. The van der Waals surface area contributed by atoms with Crippen LogP contribution in [0.4, 0.5) is 0 Å². The number of halogens is 1. The average molecular weight is 240 g/mol. The maximum absolute atomic E-state index is 5.56. The van der Waals surface area contributed by atoms with Gasteiger partial charge in [-0.15, -0.1) is 0 Å². The SMILES string of the molecule is Cc1ccc(Br)c2oc(CN)cc12. The van der Waals surface area contributed by atoms with Crippen LogP contribution in [0.1, 0.15) is 11.3 Å². The maximum atomic E-state index is 5.56. The second-order valence-corrected chi connectivity index (χ2v) is 3.88. The molecule has 2 aromatic rings. The molecule has 2 N–H and O–H groups in total. The van der Waals surface area contributed by atoms with E-state index in [9.17, 15) is 0 Å². The molecule has 0 unspecified atom stereocenters. The Labute approximate surface area is 84.8 Å². The van der Waals surface area contributed by atoms with E-state index in [0.29, 0.717) is 6.54 Å².